The van der Waals surface area contributed by atoms with Crippen molar-refractivity contribution in [2.45, 2.75) is 6.92 Å². The van der Waals surface area contributed by atoms with E-state index in [1.807, 2.05) is 19.1 Å². The number of carbonyl (C=O) groups excluding carboxylic acids is 2. The number of hydrogen-bond donors (Lipinski definition) is 0. The van der Waals surface area contributed by atoms with Gasteiger partial charge in [0, 0.05) is 44.3 Å². The van der Waals surface area contributed by atoms with E-state index in [0.29, 0.717) is 42.3 Å². The van der Waals surface area contributed by atoms with Crippen molar-refractivity contribution in [1.82, 2.24) is 19.8 Å². The molecule has 164 valence electrons. The van der Waals surface area contributed by atoms with Crippen molar-refractivity contribution >= 4 is 11.8 Å². The molecule has 3 heterocycles. The minimum atomic E-state index is -0.238. The average Bonchev–Trinajstić information content (AvgIpc) is 2.82. The monoisotopic (exact) mass is 432 g/mol. The smallest absolute Gasteiger partial charge is 0.259 e. The minimum Gasteiger partial charge on any atom is -0.488 e. The maximum atomic E-state index is 13.2. The molecule has 0 unspecified atom stereocenters. The summed E-state index contributed by atoms with van der Waals surface area (Å²) < 4.78 is 11.9. The molecular weight excluding hydrogens is 408 g/mol. The van der Waals surface area contributed by atoms with Crippen LogP contribution in [0.2, 0.25) is 0 Å². The number of aromatic nitrogens is 2. The van der Waals surface area contributed by atoms with Gasteiger partial charge in [-0.25, -0.2) is 4.98 Å². The van der Waals surface area contributed by atoms with Crippen molar-refractivity contribution in [3.8, 4) is 17.4 Å². The molecule has 0 aliphatic carbocycles. The number of likely N-dealkylation sites (N-methyl/N-ethyl adjacent to an activating group) is 1. The largest absolute Gasteiger partial charge is 0.488 e. The van der Waals surface area contributed by atoms with E-state index >= 15 is 0 Å². The summed E-state index contributed by atoms with van der Waals surface area (Å²) in [5.74, 6) is 0.802. The molecule has 0 radical (unpaired) electrons. The fourth-order valence-electron chi connectivity index (χ4n) is 3.44. The first-order chi connectivity index (χ1) is 15.5. The topological polar surface area (TPSA) is 84.9 Å². The van der Waals surface area contributed by atoms with Crippen LogP contribution >= 0.6 is 0 Å². The first-order valence-corrected chi connectivity index (χ1v) is 10.3. The number of nitrogens with zero attached hydrogens (tertiary/aromatic N) is 4. The SMILES string of the molecule is Cc1cnccc1C(=O)N1CCOc2ccccc2Oc2ncccc2C(=O)N(C)CC1. The summed E-state index contributed by atoms with van der Waals surface area (Å²) >= 11 is 0. The molecule has 0 saturated carbocycles. The lowest BCUT2D eigenvalue weighted by Crippen LogP contribution is -2.41. The van der Waals surface area contributed by atoms with Crippen molar-refractivity contribution in [1.29, 1.82) is 0 Å². The standard InChI is InChI=1S/C24H24N4O4/c1-17-16-25-11-9-18(17)24(30)28-13-12-27(2)23(29)19-6-5-10-26-22(19)32-21-8-4-3-7-20(21)31-15-14-28/h3-11,16H,12-15H2,1-2H3. The highest BCUT2D eigenvalue weighted by Crippen LogP contribution is 2.32. The second-order valence-electron chi connectivity index (χ2n) is 7.46. The van der Waals surface area contributed by atoms with Crippen molar-refractivity contribution in [3.63, 3.8) is 0 Å². The van der Waals surface area contributed by atoms with Crippen LogP contribution in [0.25, 0.3) is 0 Å². The molecule has 0 N–H and O–H groups in total. The van der Waals surface area contributed by atoms with Gasteiger partial charge in [-0.2, -0.15) is 0 Å². The highest BCUT2D eigenvalue weighted by Gasteiger charge is 2.23. The van der Waals surface area contributed by atoms with E-state index in [1.165, 1.54) is 0 Å². The number of rotatable bonds is 1. The molecule has 0 spiro atoms. The van der Waals surface area contributed by atoms with Crippen LogP contribution in [0, 0.1) is 6.92 Å². The van der Waals surface area contributed by atoms with E-state index in [2.05, 4.69) is 9.97 Å². The van der Waals surface area contributed by atoms with Gasteiger partial charge in [-0.3, -0.25) is 14.6 Å². The van der Waals surface area contributed by atoms with Gasteiger partial charge >= 0.3 is 0 Å². The van der Waals surface area contributed by atoms with E-state index < -0.39 is 0 Å². The Hall–Kier alpha value is -3.94. The Morgan fingerprint density at radius 3 is 2.62 bits per heavy atom. The Morgan fingerprint density at radius 2 is 1.81 bits per heavy atom. The molecule has 1 aromatic carbocycles. The fraction of sp³-hybridized carbons (Fsp3) is 0.250. The summed E-state index contributed by atoms with van der Waals surface area (Å²) in [4.78, 5) is 37.9. The number of aryl methyl sites for hydroxylation is 1. The third-order valence-electron chi connectivity index (χ3n) is 5.27. The van der Waals surface area contributed by atoms with Crippen LogP contribution in [0.3, 0.4) is 0 Å². The first-order valence-electron chi connectivity index (χ1n) is 10.3. The number of fused-ring (bicyclic) bond motifs is 2. The van der Waals surface area contributed by atoms with Crippen LogP contribution < -0.4 is 9.47 Å². The number of amides is 2. The highest BCUT2D eigenvalue weighted by molar-refractivity contribution is 5.97. The van der Waals surface area contributed by atoms with Gasteiger partial charge < -0.3 is 19.3 Å². The van der Waals surface area contributed by atoms with Gasteiger partial charge in [0.05, 0.1) is 6.54 Å². The van der Waals surface area contributed by atoms with E-state index in [1.54, 1.807) is 65.8 Å². The lowest BCUT2D eigenvalue weighted by Gasteiger charge is -2.26. The van der Waals surface area contributed by atoms with Gasteiger partial charge in [-0.1, -0.05) is 12.1 Å². The number of hydrogen-bond acceptors (Lipinski definition) is 6. The molecule has 8 nitrogen and oxygen atoms in total. The van der Waals surface area contributed by atoms with Crippen LogP contribution in [0.5, 0.6) is 17.4 Å². The molecule has 1 aliphatic heterocycles. The maximum absolute atomic E-state index is 13.2. The Kier molecular flexibility index (Phi) is 6.30. The fourth-order valence-corrected chi connectivity index (χ4v) is 3.44. The zero-order valence-corrected chi connectivity index (χ0v) is 18.0. The summed E-state index contributed by atoms with van der Waals surface area (Å²) in [5, 5.41) is 0. The minimum absolute atomic E-state index is 0.129. The molecule has 0 atom stereocenters. The lowest BCUT2D eigenvalue weighted by molar-refractivity contribution is 0.0668. The van der Waals surface area contributed by atoms with Gasteiger partial charge in [-0.15, -0.1) is 0 Å². The Bertz CT molecular complexity index is 1130. The number of para-hydroxylation sites is 2. The summed E-state index contributed by atoms with van der Waals surface area (Å²) in [6.45, 7) is 3.16. The number of benzene rings is 1. The van der Waals surface area contributed by atoms with Crippen LogP contribution in [0.1, 0.15) is 26.3 Å². The Balaban J connectivity index is 1.67. The van der Waals surface area contributed by atoms with E-state index in [4.69, 9.17) is 9.47 Å². The predicted octanol–water partition coefficient (Wildman–Crippen LogP) is 3.18. The van der Waals surface area contributed by atoms with Gasteiger partial charge in [0.1, 0.15) is 12.2 Å². The Morgan fingerprint density at radius 1 is 1.00 bits per heavy atom. The number of ether oxygens (including phenoxy) is 2. The summed E-state index contributed by atoms with van der Waals surface area (Å²) in [7, 11) is 1.70. The molecule has 2 amide bonds. The van der Waals surface area contributed by atoms with Crippen molar-refractivity contribution in [2.75, 3.05) is 33.3 Å². The van der Waals surface area contributed by atoms with Crippen molar-refractivity contribution in [3.05, 3.63) is 77.7 Å². The molecule has 8 heteroatoms. The second-order valence-corrected chi connectivity index (χ2v) is 7.46. The van der Waals surface area contributed by atoms with Crippen molar-refractivity contribution < 1.29 is 19.1 Å². The normalized spacial score (nSPS) is 14.6. The molecule has 3 aromatic rings. The average molecular weight is 432 g/mol. The quantitative estimate of drug-likeness (QED) is 0.587. The molecular formula is C24H24N4O4. The summed E-state index contributed by atoms with van der Waals surface area (Å²) in [5.41, 5.74) is 1.72. The zero-order chi connectivity index (χ0) is 22.5. The summed E-state index contributed by atoms with van der Waals surface area (Å²) in [6, 6.07) is 12.3. The van der Waals surface area contributed by atoms with E-state index in [-0.39, 0.29) is 24.3 Å². The molecule has 32 heavy (non-hydrogen) atoms. The van der Waals surface area contributed by atoms with E-state index in [9.17, 15) is 9.59 Å². The molecule has 1 aliphatic rings. The molecule has 4 rings (SSSR count). The highest BCUT2D eigenvalue weighted by atomic mass is 16.5. The van der Waals surface area contributed by atoms with Crippen LogP contribution in [-0.4, -0.2) is 64.9 Å². The van der Waals surface area contributed by atoms with Crippen LogP contribution in [0.4, 0.5) is 0 Å². The summed E-state index contributed by atoms with van der Waals surface area (Å²) in [6.07, 6.45) is 4.84. The third-order valence-corrected chi connectivity index (χ3v) is 5.27. The molecule has 0 fully saturated rings. The van der Waals surface area contributed by atoms with Gasteiger partial charge in [0.2, 0.25) is 5.88 Å². The predicted molar refractivity (Wildman–Crippen MR) is 118 cm³/mol. The zero-order valence-electron chi connectivity index (χ0n) is 18.0. The first kappa shape index (κ1) is 21.3. The van der Waals surface area contributed by atoms with Crippen molar-refractivity contribution in [2.24, 2.45) is 0 Å². The molecule has 0 saturated heterocycles. The van der Waals surface area contributed by atoms with Gasteiger partial charge in [-0.05, 0) is 42.8 Å². The third kappa shape index (κ3) is 4.54. The number of pyridine rings is 2. The Labute approximate surface area is 186 Å². The molecule has 0 bridgehead atoms. The van der Waals surface area contributed by atoms with Crippen LogP contribution in [0.15, 0.2) is 61.1 Å². The second kappa shape index (κ2) is 9.47. The number of carbonyl (C=O) groups is 2. The van der Waals surface area contributed by atoms with Gasteiger partial charge in [0.15, 0.2) is 11.5 Å². The van der Waals surface area contributed by atoms with E-state index in [0.717, 1.165) is 5.56 Å². The van der Waals surface area contributed by atoms with Crippen LogP contribution in [-0.2, 0) is 0 Å². The lowest BCUT2D eigenvalue weighted by atomic mass is 10.1. The molecule has 2 aromatic heterocycles. The maximum Gasteiger partial charge on any atom is 0.259 e. The van der Waals surface area contributed by atoms with Gasteiger partial charge in [0.25, 0.3) is 11.8 Å².